The van der Waals surface area contributed by atoms with Crippen molar-refractivity contribution in [2.24, 2.45) is 11.8 Å². The van der Waals surface area contributed by atoms with Gasteiger partial charge in [0.05, 0.1) is 18.4 Å². The van der Waals surface area contributed by atoms with Gasteiger partial charge < -0.3 is 15.2 Å². The minimum absolute atomic E-state index is 0.221. The number of hydrogen-bond donors (Lipinski definition) is 2. The van der Waals surface area contributed by atoms with Crippen molar-refractivity contribution in [2.45, 2.75) is 46.0 Å². The van der Waals surface area contributed by atoms with Gasteiger partial charge in [-0.3, -0.25) is 9.59 Å². The monoisotopic (exact) mass is 447 g/mol. The summed E-state index contributed by atoms with van der Waals surface area (Å²) in [6, 6.07) is 5.78. The minimum atomic E-state index is -0.975. The van der Waals surface area contributed by atoms with Crippen molar-refractivity contribution < 1.29 is 28.6 Å². The average molecular weight is 448 g/mol. The number of rotatable bonds is 7. The lowest BCUT2D eigenvalue weighted by Gasteiger charge is -2.27. The number of amides is 1. The van der Waals surface area contributed by atoms with Gasteiger partial charge in [-0.05, 0) is 43.9 Å². The zero-order chi connectivity index (χ0) is 22.5. The summed E-state index contributed by atoms with van der Waals surface area (Å²) in [6.45, 7) is 3.93. The number of aliphatic carboxylic acids is 1. The van der Waals surface area contributed by atoms with E-state index in [0.29, 0.717) is 35.4 Å². The normalized spacial score (nSPS) is 18.4. The van der Waals surface area contributed by atoms with Crippen LogP contribution in [0.4, 0.5) is 9.39 Å². The topological polar surface area (TPSA) is 92.7 Å². The molecule has 0 bridgehead atoms. The lowest BCUT2D eigenvalue weighted by molar-refractivity contribution is -0.147. The molecule has 1 aliphatic rings. The van der Waals surface area contributed by atoms with Crippen molar-refractivity contribution in [3.63, 3.8) is 0 Å². The summed E-state index contributed by atoms with van der Waals surface area (Å²) in [5.74, 6) is -3.72. The number of thiophene rings is 1. The molecule has 1 aliphatic carbocycles. The molecule has 166 valence electrons. The number of carboxylic acid groups (broad SMARTS) is 1. The molecule has 8 heteroatoms. The van der Waals surface area contributed by atoms with Crippen LogP contribution in [0.5, 0.6) is 0 Å². The number of carbonyl (C=O) groups excluding carboxylic acids is 2. The molecule has 6 nitrogen and oxygen atoms in total. The van der Waals surface area contributed by atoms with Gasteiger partial charge >= 0.3 is 11.9 Å². The predicted molar refractivity (Wildman–Crippen MR) is 117 cm³/mol. The first-order chi connectivity index (χ1) is 14.8. The Morgan fingerprint density at radius 1 is 1.16 bits per heavy atom. The fraction of sp³-hybridized carbons (Fsp3) is 0.435. The van der Waals surface area contributed by atoms with Crippen LogP contribution in [0.1, 0.15) is 54.3 Å². The molecule has 0 radical (unpaired) electrons. The number of hydrogen-bond acceptors (Lipinski definition) is 5. The minimum Gasteiger partial charge on any atom is -0.481 e. The molecule has 31 heavy (non-hydrogen) atoms. The molecule has 0 saturated heterocycles. The van der Waals surface area contributed by atoms with E-state index in [1.165, 1.54) is 23.5 Å². The van der Waals surface area contributed by atoms with E-state index in [4.69, 9.17) is 4.74 Å². The van der Waals surface area contributed by atoms with E-state index < -0.39 is 35.5 Å². The number of esters is 1. The molecule has 2 atom stereocenters. The van der Waals surface area contributed by atoms with Crippen LogP contribution in [-0.2, 0) is 14.3 Å². The van der Waals surface area contributed by atoms with Gasteiger partial charge in [0.25, 0.3) is 0 Å². The Labute approximate surface area is 184 Å². The van der Waals surface area contributed by atoms with E-state index in [1.807, 2.05) is 13.8 Å². The molecule has 1 amide bonds. The largest absolute Gasteiger partial charge is 0.481 e. The van der Waals surface area contributed by atoms with Gasteiger partial charge in [0.1, 0.15) is 16.4 Å². The highest BCUT2D eigenvalue weighted by atomic mass is 32.1. The van der Waals surface area contributed by atoms with E-state index in [1.54, 1.807) is 12.1 Å². The molecule has 0 spiro atoms. The van der Waals surface area contributed by atoms with Gasteiger partial charge in [0, 0.05) is 10.4 Å². The molecule has 2 aromatic rings. The standard InChI is InChI=1S/C23H26FNO5S/c1-3-12-30-23(29)19-18(14-8-10-15(24)11-9-14)13(2)31-21(19)25-20(26)16-6-4-5-7-17(16)22(27)28/h8-11,16-17H,3-7,12H2,1-2H3,(H,25,26)(H,27,28). The van der Waals surface area contributed by atoms with E-state index >= 15 is 0 Å². The van der Waals surface area contributed by atoms with Gasteiger partial charge in [-0.15, -0.1) is 11.3 Å². The molecule has 1 heterocycles. The third kappa shape index (κ3) is 5.12. The number of halogens is 1. The Morgan fingerprint density at radius 2 is 1.81 bits per heavy atom. The summed E-state index contributed by atoms with van der Waals surface area (Å²) in [4.78, 5) is 38.3. The Kier molecular flexibility index (Phi) is 7.43. The molecule has 1 aromatic heterocycles. The van der Waals surface area contributed by atoms with Crippen LogP contribution in [-0.4, -0.2) is 29.6 Å². The van der Waals surface area contributed by atoms with Crippen LogP contribution < -0.4 is 5.32 Å². The van der Waals surface area contributed by atoms with Crippen LogP contribution in [0.2, 0.25) is 0 Å². The zero-order valence-corrected chi connectivity index (χ0v) is 18.4. The van der Waals surface area contributed by atoms with Crippen molar-refractivity contribution >= 4 is 34.2 Å². The fourth-order valence-corrected chi connectivity index (χ4v) is 5.07. The van der Waals surface area contributed by atoms with Crippen LogP contribution in [0, 0.1) is 24.6 Å². The van der Waals surface area contributed by atoms with E-state index in [9.17, 15) is 23.9 Å². The number of carbonyl (C=O) groups is 3. The maximum Gasteiger partial charge on any atom is 0.341 e. The van der Waals surface area contributed by atoms with Crippen molar-refractivity contribution in [1.82, 2.24) is 0 Å². The SMILES string of the molecule is CCCOC(=O)c1c(NC(=O)C2CCCCC2C(=O)O)sc(C)c1-c1ccc(F)cc1. The molecular weight excluding hydrogens is 421 g/mol. The van der Waals surface area contributed by atoms with Gasteiger partial charge in [0.2, 0.25) is 5.91 Å². The number of anilines is 1. The first-order valence-electron chi connectivity index (χ1n) is 10.4. The third-order valence-corrected chi connectivity index (χ3v) is 6.54. The highest BCUT2D eigenvalue weighted by molar-refractivity contribution is 7.17. The Bertz CT molecular complexity index is 969. The Hall–Kier alpha value is -2.74. The van der Waals surface area contributed by atoms with Crippen LogP contribution in [0.25, 0.3) is 11.1 Å². The predicted octanol–water partition coefficient (Wildman–Crippen LogP) is 5.26. The van der Waals surface area contributed by atoms with Crippen LogP contribution in [0.15, 0.2) is 24.3 Å². The fourth-order valence-electron chi connectivity index (χ4n) is 4.00. The van der Waals surface area contributed by atoms with Gasteiger partial charge in [-0.1, -0.05) is 31.9 Å². The molecular formula is C23H26FNO5S. The van der Waals surface area contributed by atoms with E-state index in [0.717, 1.165) is 17.7 Å². The van der Waals surface area contributed by atoms with Crippen LogP contribution in [0.3, 0.4) is 0 Å². The van der Waals surface area contributed by atoms with Crippen LogP contribution >= 0.6 is 11.3 Å². The van der Waals surface area contributed by atoms with E-state index in [2.05, 4.69) is 5.32 Å². The zero-order valence-electron chi connectivity index (χ0n) is 17.6. The molecule has 2 N–H and O–H groups in total. The number of aryl methyl sites for hydroxylation is 1. The average Bonchev–Trinajstić information content (AvgIpc) is 3.08. The second-order valence-corrected chi connectivity index (χ2v) is 8.93. The van der Waals surface area contributed by atoms with Crippen molar-refractivity contribution in [1.29, 1.82) is 0 Å². The Morgan fingerprint density at radius 3 is 2.42 bits per heavy atom. The summed E-state index contributed by atoms with van der Waals surface area (Å²) in [5.41, 5.74) is 1.44. The highest BCUT2D eigenvalue weighted by Crippen LogP contribution is 2.41. The summed E-state index contributed by atoms with van der Waals surface area (Å²) in [7, 11) is 0. The summed E-state index contributed by atoms with van der Waals surface area (Å²) < 4.78 is 18.8. The molecule has 0 aliphatic heterocycles. The lowest BCUT2D eigenvalue weighted by atomic mass is 9.78. The molecule has 1 fully saturated rings. The molecule has 1 saturated carbocycles. The number of ether oxygens (including phenoxy) is 1. The quantitative estimate of drug-likeness (QED) is 0.565. The van der Waals surface area contributed by atoms with Crippen molar-refractivity contribution in [2.75, 3.05) is 11.9 Å². The second-order valence-electron chi connectivity index (χ2n) is 7.71. The number of nitrogens with one attached hydrogen (secondary N) is 1. The number of carboxylic acids is 1. The third-order valence-electron chi connectivity index (χ3n) is 5.52. The molecule has 2 unspecified atom stereocenters. The van der Waals surface area contributed by atoms with Gasteiger partial charge in [-0.2, -0.15) is 0 Å². The maximum atomic E-state index is 13.4. The van der Waals surface area contributed by atoms with Gasteiger partial charge in [-0.25, -0.2) is 9.18 Å². The highest BCUT2D eigenvalue weighted by Gasteiger charge is 2.37. The summed E-state index contributed by atoms with van der Waals surface area (Å²) >= 11 is 1.23. The molecule has 3 rings (SSSR count). The van der Waals surface area contributed by atoms with Crippen molar-refractivity contribution in [3.05, 3.63) is 40.5 Å². The Balaban J connectivity index is 1.98. The van der Waals surface area contributed by atoms with Crippen molar-refractivity contribution in [3.8, 4) is 11.1 Å². The molecule has 1 aromatic carbocycles. The smallest absolute Gasteiger partial charge is 0.341 e. The first-order valence-corrected chi connectivity index (χ1v) is 11.2. The van der Waals surface area contributed by atoms with E-state index in [-0.39, 0.29) is 12.2 Å². The summed E-state index contributed by atoms with van der Waals surface area (Å²) in [6.07, 6.45) is 3.17. The maximum absolute atomic E-state index is 13.4. The van der Waals surface area contributed by atoms with Gasteiger partial charge in [0.15, 0.2) is 0 Å². The first kappa shape index (κ1) is 22.9. The second kappa shape index (κ2) is 10.0. The number of benzene rings is 1. The lowest BCUT2D eigenvalue weighted by Crippen LogP contribution is -2.36. The summed E-state index contributed by atoms with van der Waals surface area (Å²) in [5, 5.41) is 12.6.